The van der Waals surface area contributed by atoms with Gasteiger partial charge in [-0.1, -0.05) is 0 Å². The molecule has 24 heavy (non-hydrogen) atoms. The Hall–Kier alpha value is -0.850. The predicted octanol–water partition coefficient (Wildman–Crippen LogP) is 1.70. The van der Waals surface area contributed by atoms with Gasteiger partial charge >= 0.3 is 6.09 Å². The van der Waals surface area contributed by atoms with Crippen LogP contribution in [0.15, 0.2) is 0 Å². The molecule has 2 N–H and O–H groups in total. The SMILES string of the molecule is CC(C)(C)OC(=O)N1CCC(C(O)CN2CCC(CCO)C2)CC1. The molecule has 2 fully saturated rings. The predicted molar refractivity (Wildman–Crippen MR) is 92.8 cm³/mol. The Balaban J connectivity index is 1.71. The number of hydrogen-bond acceptors (Lipinski definition) is 5. The number of carbonyl (C=O) groups is 1. The monoisotopic (exact) mass is 342 g/mol. The van der Waals surface area contributed by atoms with Crippen LogP contribution in [0, 0.1) is 11.8 Å². The highest BCUT2D eigenvalue weighted by Crippen LogP contribution is 2.25. The minimum atomic E-state index is -0.464. The molecule has 2 unspecified atom stereocenters. The quantitative estimate of drug-likeness (QED) is 0.795. The lowest BCUT2D eigenvalue weighted by Gasteiger charge is -2.36. The Kier molecular flexibility index (Phi) is 6.89. The van der Waals surface area contributed by atoms with Crippen molar-refractivity contribution in [1.29, 1.82) is 0 Å². The number of nitrogens with zero attached hydrogens (tertiary/aromatic N) is 2. The van der Waals surface area contributed by atoms with Crippen LogP contribution >= 0.6 is 0 Å². The highest BCUT2D eigenvalue weighted by atomic mass is 16.6. The van der Waals surface area contributed by atoms with Gasteiger partial charge in [0.05, 0.1) is 6.10 Å². The molecule has 2 heterocycles. The molecule has 2 atom stereocenters. The van der Waals surface area contributed by atoms with E-state index in [4.69, 9.17) is 9.84 Å². The molecule has 0 aromatic rings. The second-order valence-corrected chi connectivity index (χ2v) is 8.30. The number of piperidine rings is 1. The van der Waals surface area contributed by atoms with Gasteiger partial charge in [0.15, 0.2) is 0 Å². The van der Waals surface area contributed by atoms with Gasteiger partial charge in [-0.25, -0.2) is 4.79 Å². The van der Waals surface area contributed by atoms with E-state index >= 15 is 0 Å². The van der Waals surface area contributed by atoms with Crippen molar-refractivity contribution in [1.82, 2.24) is 9.80 Å². The Morgan fingerprint density at radius 3 is 2.46 bits per heavy atom. The van der Waals surface area contributed by atoms with Crippen molar-refractivity contribution in [3.8, 4) is 0 Å². The molecule has 2 aliphatic heterocycles. The van der Waals surface area contributed by atoms with Crippen LogP contribution in [0.1, 0.15) is 46.5 Å². The number of aliphatic hydroxyl groups excluding tert-OH is 2. The first-order valence-electron chi connectivity index (χ1n) is 9.27. The van der Waals surface area contributed by atoms with E-state index in [1.54, 1.807) is 4.90 Å². The Morgan fingerprint density at radius 1 is 1.21 bits per heavy atom. The molecule has 2 rings (SSSR count). The average Bonchev–Trinajstić information content (AvgIpc) is 2.93. The summed E-state index contributed by atoms with van der Waals surface area (Å²) in [4.78, 5) is 16.1. The molecule has 1 amide bonds. The molecule has 2 aliphatic rings. The van der Waals surface area contributed by atoms with Crippen LogP contribution in [-0.2, 0) is 4.74 Å². The van der Waals surface area contributed by atoms with E-state index in [-0.39, 0.29) is 24.7 Å². The highest BCUT2D eigenvalue weighted by Gasteiger charge is 2.32. The average molecular weight is 342 g/mol. The van der Waals surface area contributed by atoms with Crippen molar-refractivity contribution in [3.63, 3.8) is 0 Å². The molecule has 6 heteroatoms. The first-order chi connectivity index (χ1) is 11.3. The third kappa shape index (κ3) is 5.90. The number of hydrogen-bond donors (Lipinski definition) is 2. The Labute approximate surface area is 145 Å². The van der Waals surface area contributed by atoms with Crippen LogP contribution in [0.3, 0.4) is 0 Å². The van der Waals surface area contributed by atoms with Crippen molar-refractivity contribution in [3.05, 3.63) is 0 Å². The second-order valence-electron chi connectivity index (χ2n) is 8.30. The van der Waals surface area contributed by atoms with E-state index in [1.807, 2.05) is 20.8 Å². The van der Waals surface area contributed by atoms with E-state index in [9.17, 15) is 9.90 Å². The molecular weight excluding hydrogens is 308 g/mol. The lowest BCUT2D eigenvalue weighted by molar-refractivity contribution is 0.00314. The van der Waals surface area contributed by atoms with Gasteiger partial charge in [0.2, 0.25) is 0 Å². The van der Waals surface area contributed by atoms with Crippen molar-refractivity contribution >= 4 is 6.09 Å². The number of ether oxygens (including phenoxy) is 1. The van der Waals surface area contributed by atoms with Crippen LogP contribution in [0.2, 0.25) is 0 Å². The lowest BCUT2D eigenvalue weighted by Crippen LogP contribution is -2.45. The molecule has 2 saturated heterocycles. The summed E-state index contributed by atoms with van der Waals surface area (Å²) < 4.78 is 5.41. The van der Waals surface area contributed by atoms with Gasteiger partial charge < -0.3 is 24.7 Å². The number of aliphatic hydroxyl groups is 2. The molecular formula is C18H34N2O4. The third-order valence-electron chi connectivity index (χ3n) is 5.09. The highest BCUT2D eigenvalue weighted by molar-refractivity contribution is 5.68. The normalized spacial score (nSPS) is 25.0. The van der Waals surface area contributed by atoms with Gasteiger partial charge in [0, 0.05) is 32.8 Å². The van der Waals surface area contributed by atoms with E-state index in [0.717, 1.165) is 38.8 Å². The molecule has 0 saturated carbocycles. The molecule has 6 nitrogen and oxygen atoms in total. The summed E-state index contributed by atoms with van der Waals surface area (Å²) in [6.07, 6.45) is 3.05. The summed E-state index contributed by atoms with van der Waals surface area (Å²) in [5.41, 5.74) is -0.464. The fourth-order valence-corrected chi connectivity index (χ4v) is 3.70. The Morgan fingerprint density at radius 2 is 1.88 bits per heavy atom. The van der Waals surface area contributed by atoms with Gasteiger partial charge in [-0.15, -0.1) is 0 Å². The molecule has 0 spiro atoms. The first-order valence-corrected chi connectivity index (χ1v) is 9.27. The lowest BCUT2D eigenvalue weighted by atomic mass is 9.91. The molecule has 0 bridgehead atoms. The smallest absolute Gasteiger partial charge is 0.410 e. The van der Waals surface area contributed by atoms with Crippen molar-refractivity contribution in [2.24, 2.45) is 11.8 Å². The zero-order valence-corrected chi connectivity index (χ0v) is 15.4. The molecule has 0 aliphatic carbocycles. The van der Waals surface area contributed by atoms with E-state index in [1.165, 1.54) is 0 Å². The molecule has 0 aromatic carbocycles. The van der Waals surface area contributed by atoms with Crippen LogP contribution in [0.25, 0.3) is 0 Å². The number of likely N-dealkylation sites (tertiary alicyclic amines) is 2. The fourth-order valence-electron chi connectivity index (χ4n) is 3.70. The number of amides is 1. The van der Waals surface area contributed by atoms with Gasteiger partial charge in [-0.05, 0) is 64.8 Å². The van der Waals surface area contributed by atoms with Gasteiger partial charge in [-0.3, -0.25) is 0 Å². The van der Waals surface area contributed by atoms with E-state index < -0.39 is 5.60 Å². The van der Waals surface area contributed by atoms with Crippen LogP contribution in [0.5, 0.6) is 0 Å². The largest absolute Gasteiger partial charge is 0.444 e. The summed E-state index contributed by atoms with van der Waals surface area (Å²) >= 11 is 0. The van der Waals surface area contributed by atoms with Gasteiger partial charge in [-0.2, -0.15) is 0 Å². The summed E-state index contributed by atoms with van der Waals surface area (Å²) in [6, 6.07) is 0. The first kappa shape index (κ1) is 19.5. The topological polar surface area (TPSA) is 73.2 Å². The van der Waals surface area contributed by atoms with E-state index in [2.05, 4.69) is 4.90 Å². The standard InChI is InChI=1S/C18H34N2O4/c1-18(2,3)24-17(23)20-9-5-15(6-10-20)16(22)13-19-8-4-14(12-19)7-11-21/h14-16,21-22H,4-13H2,1-3H3. The van der Waals surface area contributed by atoms with Crippen LogP contribution < -0.4 is 0 Å². The summed E-state index contributed by atoms with van der Waals surface area (Å²) in [5.74, 6) is 0.816. The summed E-state index contributed by atoms with van der Waals surface area (Å²) in [6.45, 7) is 9.90. The Bertz CT molecular complexity index is 402. The van der Waals surface area contributed by atoms with Crippen molar-refractivity contribution in [2.45, 2.75) is 58.2 Å². The third-order valence-corrected chi connectivity index (χ3v) is 5.09. The fraction of sp³-hybridized carbons (Fsp3) is 0.944. The van der Waals surface area contributed by atoms with Crippen molar-refractivity contribution in [2.75, 3.05) is 39.3 Å². The number of rotatable bonds is 5. The zero-order valence-electron chi connectivity index (χ0n) is 15.4. The minimum Gasteiger partial charge on any atom is -0.444 e. The van der Waals surface area contributed by atoms with Gasteiger partial charge in [0.1, 0.15) is 5.60 Å². The van der Waals surface area contributed by atoms with Crippen LogP contribution in [-0.4, -0.2) is 77.1 Å². The summed E-state index contributed by atoms with van der Waals surface area (Å²) in [7, 11) is 0. The van der Waals surface area contributed by atoms with E-state index in [0.29, 0.717) is 25.6 Å². The number of β-amino-alcohol motifs (C(OH)–C–C–N with tert-alkyl or cyclic N) is 1. The maximum atomic E-state index is 12.1. The zero-order chi connectivity index (χ0) is 17.7. The minimum absolute atomic E-state index is 0.248. The van der Waals surface area contributed by atoms with Gasteiger partial charge in [0.25, 0.3) is 0 Å². The molecule has 140 valence electrons. The maximum Gasteiger partial charge on any atom is 0.410 e. The maximum absolute atomic E-state index is 12.1. The molecule has 0 aromatic heterocycles. The summed E-state index contributed by atoms with van der Waals surface area (Å²) in [5, 5.41) is 19.6. The van der Waals surface area contributed by atoms with Crippen LogP contribution in [0.4, 0.5) is 4.79 Å². The number of carbonyl (C=O) groups excluding carboxylic acids is 1. The second kappa shape index (κ2) is 8.50. The molecule has 0 radical (unpaired) electrons. The van der Waals surface area contributed by atoms with Crippen molar-refractivity contribution < 1.29 is 19.7 Å².